The number of thiophene rings is 1. The van der Waals surface area contributed by atoms with Gasteiger partial charge in [0.15, 0.2) is 0 Å². The number of likely N-dealkylation sites (tertiary alicyclic amines) is 1. The Morgan fingerprint density at radius 3 is 3.15 bits per heavy atom. The summed E-state index contributed by atoms with van der Waals surface area (Å²) in [4.78, 5) is 18.2. The fraction of sp³-hybridized carbons (Fsp3) is 0.417. The summed E-state index contributed by atoms with van der Waals surface area (Å²) in [5, 5.41) is 13.1. The first-order valence-electron chi connectivity index (χ1n) is 6.18. The molecular formula is C12H12BrN3O3S. The maximum absolute atomic E-state index is 11.1. The van der Waals surface area contributed by atoms with Crippen molar-refractivity contribution in [1.29, 1.82) is 0 Å². The number of aliphatic carboxylic acids is 1. The Morgan fingerprint density at radius 2 is 2.45 bits per heavy atom. The van der Waals surface area contributed by atoms with Crippen LogP contribution >= 0.6 is 27.3 Å². The average molecular weight is 358 g/mol. The zero-order valence-corrected chi connectivity index (χ0v) is 12.9. The molecule has 106 valence electrons. The van der Waals surface area contributed by atoms with E-state index in [1.165, 1.54) is 11.3 Å². The van der Waals surface area contributed by atoms with Gasteiger partial charge in [0.25, 0.3) is 0 Å². The van der Waals surface area contributed by atoms with Gasteiger partial charge in [-0.05, 0) is 47.4 Å². The van der Waals surface area contributed by atoms with E-state index in [1.807, 2.05) is 17.0 Å². The average Bonchev–Trinajstić information content (AvgIpc) is 3.09. The van der Waals surface area contributed by atoms with Gasteiger partial charge >= 0.3 is 5.97 Å². The molecule has 8 heteroatoms. The second-order valence-corrected chi connectivity index (χ2v) is 7.05. The molecule has 1 saturated heterocycles. The molecule has 1 unspecified atom stereocenters. The van der Waals surface area contributed by atoms with Crippen LogP contribution in [0.3, 0.4) is 0 Å². The summed E-state index contributed by atoms with van der Waals surface area (Å²) in [5.74, 6) is 0.212. The van der Waals surface area contributed by atoms with Gasteiger partial charge in [-0.15, -0.1) is 11.3 Å². The van der Waals surface area contributed by atoms with Crippen molar-refractivity contribution >= 4 is 33.2 Å². The van der Waals surface area contributed by atoms with Gasteiger partial charge in [-0.25, -0.2) is 0 Å². The van der Waals surface area contributed by atoms with Gasteiger partial charge in [0.2, 0.25) is 11.7 Å². The molecule has 0 amide bonds. The van der Waals surface area contributed by atoms with Crippen LogP contribution in [0.15, 0.2) is 20.4 Å². The summed E-state index contributed by atoms with van der Waals surface area (Å²) in [5.41, 5.74) is 0. The van der Waals surface area contributed by atoms with Crippen molar-refractivity contribution in [3.63, 3.8) is 0 Å². The third kappa shape index (κ3) is 2.77. The molecule has 3 heterocycles. The zero-order chi connectivity index (χ0) is 14.1. The van der Waals surface area contributed by atoms with Crippen molar-refractivity contribution in [2.75, 3.05) is 6.54 Å². The number of carbonyl (C=O) groups is 1. The second-order valence-electron chi connectivity index (χ2n) is 4.58. The molecule has 2 aromatic heterocycles. The minimum atomic E-state index is -0.788. The number of halogens is 1. The highest BCUT2D eigenvalue weighted by Gasteiger charge is 2.31. The zero-order valence-electron chi connectivity index (χ0n) is 10.5. The van der Waals surface area contributed by atoms with E-state index in [9.17, 15) is 4.79 Å². The van der Waals surface area contributed by atoms with Gasteiger partial charge in [0, 0.05) is 0 Å². The molecule has 3 rings (SSSR count). The Hall–Kier alpha value is -1.25. The van der Waals surface area contributed by atoms with Crippen LogP contribution in [0.4, 0.5) is 0 Å². The Balaban J connectivity index is 1.73. The van der Waals surface area contributed by atoms with Crippen molar-refractivity contribution in [1.82, 2.24) is 15.0 Å². The molecule has 0 aromatic carbocycles. The molecule has 0 aliphatic carbocycles. The third-order valence-electron chi connectivity index (χ3n) is 3.25. The molecular weight excluding hydrogens is 346 g/mol. The van der Waals surface area contributed by atoms with E-state index in [0.29, 0.717) is 24.7 Å². The molecule has 1 N–H and O–H groups in total. The Kier molecular flexibility index (Phi) is 3.86. The van der Waals surface area contributed by atoms with Gasteiger partial charge in [-0.2, -0.15) is 4.98 Å². The fourth-order valence-electron chi connectivity index (χ4n) is 2.32. The molecule has 1 aliphatic rings. The highest BCUT2D eigenvalue weighted by Crippen LogP contribution is 2.29. The normalized spacial score (nSPS) is 19.6. The molecule has 1 fully saturated rings. The van der Waals surface area contributed by atoms with Crippen LogP contribution in [-0.2, 0) is 11.3 Å². The van der Waals surface area contributed by atoms with E-state index in [1.54, 1.807) is 0 Å². The number of hydrogen-bond donors (Lipinski definition) is 1. The smallest absolute Gasteiger partial charge is 0.320 e. The van der Waals surface area contributed by atoms with Crippen LogP contribution in [0.5, 0.6) is 0 Å². The van der Waals surface area contributed by atoms with Crippen LogP contribution in [0, 0.1) is 0 Å². The molecule has 1 atom stereocenters. The first-order valence-corrected chi connectivity index (χ1v) is 7.79. The predicted molar refractivity (Wildman–Crippen MR) is 76.4 cm³/mol. The van der Waals surface area contributed by atoms with Gasteiger partial charge < -0.3 is 9.63 Å². The number of carboxylic acid groups (broad SMARTS) is 1. The number of nitrogens with zero attached hydrogens (tertiary/aromatic N) is 3. The van der Waals surface area contributed by atoms with Crippen LogP contribution in [0.25, 0.3) is 10.7 Å². The Morgan fingerprint density at radius 1 is 1.60 bits per heavy atom. The highest BCUT2D eigenvalue weighted by atomic mass is 79.9. The summed E-state index contributed by atoms with van der Waals surface area (Å²) in [6.45, 7) is 1.13. The lowest BCUT2D eigenvalue weighted by atomic mass is 10.2. The Bertz CT molecular complexity index is 627. The van der Waals surface area contributed by atoms with E-state index >= 15 is 0 Å². The maximum atomic E-state index is 11.1. The van der Waals surface area contributed by atoms with Crippen LogP contribution in [-0.4, -0.2) is 38.7 Å². The lowest BCUT2D eigenvalue weighted by molar-refractivity contribution is -0.142. The monoisotopic (exact) mass is 357 g/mol. The molecule has 0 radical (unpaired) electrons. The molecule has 0 bridgehead atoms. The van der Waals surface area contributed by atoms with E-state index in [4.69, 9.17) is 9.63 Å². The fourth-order valence-corrected chi connectivity index (χ4v) is 3.63. The number of aromatic nitrogens is 2. The van der Waals surface area contributed by atoms with Gasteiger partial charge in [0.05, 0.1) is 15.2 Å². The molecule has 0 saturated carbocycles. The number of carboxylic acids is 1. The van der Waals surface area contributed by atoms with Crippen molar-refractivity contribution in [2.24, 2.45) is 0 Å². The van der Waals surface area contributed by atoms with Crippen molar-refractivity contribution in [3.05, 3.63) is 21.8 Å². The summed E-state index contributed by atoms with van der Waals surface area (Å²) in [6, 6.07) is 3.40. The number of rotatable bonds is 4. The van der Waals surface area contributed by atoms with Crippen molar-refractivity contribution in [3.8, 4) is 10.7 Å². The molecule has 1 aliphatic heterocycles. The topological polar surface area (TPSA) is 79.5 Å². The number of hydrogen-bond acceptors (Lipinski definition) is 6. The lowest BCUT2D eigenvalue weighted by Crippen LogP contribution is -2.35. The van der Waals surface area contributed by atoms with Crippen molar-refractivity contribution in [2.45, 2.75) is 25.4 Å². The first-order chi connectivity index (χ1) is 9.63. The van der Waals surface area contributed by atoms with E-state index < -0.39 is 12.0 Å². The summed E-state index contributed by atoms with van der Waals surface area (Å²) >= 11 is 4.92. The standard InChI is InChI=1S/C12H12BrN3O3S/c13-9-4-3-8(20-9)11-14-10(19-15-11)6-16-5-1-2-7(16)12(17)18/h3-4,7H,1-2,5-6H2,(H,17,18). The van der Waals surface area contributed by atoms with Gasteiger partial charge in [0.1, 0.15) is 6.04 Å². The van der Waals surface area contributed by atoms with E-state index in [0.717, 1.165) is 21.6 Å². The third-order valence-corrected chi connectivity index (χ3v) is 4.87. The quantitative estimate of drug-likeness (QED) is 0.905. The SMILES string of the molecule is O=C(O)C1CCCN1Cc1nc(-c2ccc(Br)s2)no1. The minimum Gasteiger partial charge on any atom is -0.480 e. The molecule has 2 aromatic rings. The lowest BCUT2D eigenvalue weighted by Gasteiger charge is -2.18. The maximum Gasteiger partial charge on any atom is 0.320 e. The van der Waals surface area contributed by atoms with Crippen LogP contribution < -0.4 is 0 Å². The minimum absolute atomic E-state index is 0.385. The van der Waals surface area contributed by atoms with Crippen molar-refractivity contribution < 1.29 is 14.4 Å². The first kappa shape index (κ1) is 13.7. The Labute approximate surface area is 127 Å². The van der Waals surface area contributed by atoms with Crippen LogP contribution in [0.1, 0.15) is 18.7 Å². The van der Waals surface area contributed by atoms with E-state index in [2.05, 4.69) is 26.1 Å². The predicted octanol–water partition coefficient (Wildman–Crippen LogP) is 2.61. The highest BCUT2D eigenvalue weighted by molar-refractivity contribution is 9.11. The molecule has 0 spiro atoms. The van der Waals surface area contributed by atoms with Gasteiger partial charge in [-0.1, -0.05) is 5.16 Å². The second kappa shape index (κ2) is 5.63. The summed E-state index contributed by atoms with van der Waals surface area (Å²) in [6.07, 6.45) is 1.56. The molecule has 20 heavy (non-hydrogen) atoms. The molecule has 6 nitrogen and oxygen atoms in total. The largest absolute Gasteiger partial charge is 0.480 e. The van der Waals surface area contributed by atoms with Gasteiger partial charge in [-0.3, -0.25) is 9.69 Å². The van der Waals surface area contributed by atoms with Crippen LogP contribution in [0.2, 0.25) is 0 Å². The summed E-state index contributed by atoms with van der Waals surface area (Å²) < 4.78 is 6.22. The summed E-state index contributed by atoms with van der Waals surface area (Å²) in [7, 11) is 0. The van der Waals surface area contributed by atoms with E-state index in [-0.39, 0.29) is 0 Å².